The molecule has 0 bridgehead atoms. The number of fused-ring (bicyclic) bond motifs is 3. The number of para-hydroxylation sites is 1. The van der Waals surface area contributed by atoms with E-state index in [0.29, 0.717) is 22.3 Å². The molecule has 0 aliphatic carbocycles. The van der Waals surface area contributed by atoms with Gasteiger partial charge in [-0.3, -0.25) is 0 Å². The van der Waals surface area contributed by atoms with Crippen molar-refractivity contribution in [3.8, 4) is 33.4 Å². The Morgan fingerprint density at radius 1 is 0.333 bits per heavy atom. The third-order valence-electron chi connectivity index (χ3n) is 9.85. The molecule has 0 fully saturated rings. The average molecular weight is 663 g/mol. The van der Waals surface area contributed by atoms with Gasteiger partial charge in [-0.25, -0.2) is 0 Å². The highest BCUT2D eigenvalue weighted by Gasteiger charge is 2.17. The molecule has 0 saturated heterocycles. The fourth-order valence-electron chi connectivity index (χ4n) is 7.55. The Morgan fingerprint density at radius 3 is 1.39 bits per heavy atom. The maximum atomic E-state index is 9.63. The van der Waals surface area contributed by atoms with E-state index in [2.05, 4.69) is 0 Å². The minimum Gasteiger partial charge on any atom is -0.456 e. The molecule has 0 unspecified atom stereocenters. The molecule has 51 heavy (non-hydrogen) atoms. The lowest BCUT2D eigenvalue weighted by atomic mass is 9.86. The first-order chi connectivity index (χ1) is 32.8. The van der Waals surface area contributed by atoms with E-state index in [9.17, 15) is 11.0 Å². The van der Waals surface area contributed by atoms with Gasteiger partial charge in [0.2, 0.25) is 0 Å². The summed E-state index contributed by atoms with van der Waals surface area (Å²) < 4.78 is 170. The zero-order chi connectivity index (χ0) is 48.9. The second-order valence-corrected chi connectivity index (χ2v) is 12.6. The summed E-state index contributed by atoms with van der Waals surface area (Å²) in [7, 11) is 0. The van der Waals surface area contributed by atoms with Crippen LogP contribution in [0.1, 0.15) is 24.7 Å². The van der Waals surface area contributed by atoms with Crippen LogP contribution < -0.4 is 0 Å². The fraction of sp³-hybridized carbons (Fsp3) is 0. The Labute approximate surface area is 318 Å². The first-order valence-corrected chi connectivity index (χ1v) is 16.2. The van der Waals surface area contributed by atoms with Gasteiger partial charge in [0.25, 0.3) is 0 Å². The van der Waals surface area contributed by atoms with E-state index in [4.69, 9.17) is 18.1 Å². The van der Waals surface area contributed by atoms with Crippen LogP contribution >= 0.6 is 0 Å². The van der Waals surface area contributed by atoms with Gasteiger partial charge in [-0.05, 0) is 134 Å². The van der Waals surface area contributed by atoms with E-state index < -0.39 is 109 Å². The molecular weight excluding hydrogens is 617 g/mol. The fourth-order valence-corrected chi connectivity index (χ4v) is 7.55. The van der Waals surface area contributed by atoms with Gasteiger partial charge in [-0.1, -0.05) is 133 Å². The Balaban J connectivity index is 1.29. The summed E-state index contributed by atoms with van der Waals surface area (Å²) in [4.78, 5) is 0. The molecule has 0 aliphatic rings. The van der Waals surface area contributed by atoms with Crippen LogP contribution in [-0.2, 0) is 0 Å². The minimum absolute atomic E-state index is 0.0272. The molecule has 1 nitrogen and oxygen atoms in total. The highest BCUT2D eigenvalue weighted by Crippen LogP contribution is 2.44. The van der Waals surface area contributed by atoms with Gasteiger partial charge >= 0.3 is 0 Å². The van der Waals surface area contributed by atoms with E-state index in [-0.39, 0.29) is 86.9 Å². The molecule has 0 radical (unpaired) electrons. The van der Waals surface area contributed by atoms with Gasteiger partial charge in [0.05, 0.1) is 24.7 Å². The molecule has 0 atom stereocenters. The van der Waals surface area contributed by atoms with E-state index in [1.54, 1.807) is 18.2 Å². The lowest BCUT2D eigenvalue weighted by Crippen LogP contribution is -1.91. The van der Waals surface area contributed by atoms with Crippen LogP contribution in [0, 0.1) is 0 Å². The lowest BCUT2D eigenvalue weighted by Gasteiger charge is -2.18. The third-order valence-corrected chi connectivity index (χ3v) is 9.85. The van der Waals surface area contributed by atoms with Crippen LogP contribution in [0.2, 0.25) is 0 Å². The summed E-state index contributed by atoms with van der Waals surface area (Å²) in [5.41, 5.74) is 2.03. The van der Waals surface area contributed by atoms with Crippen molar-refractivity contribution in [1.82, 2.24) is 0 Å². The zero-order valence-electron chi connectivity index (χ0n) is 44.2. The number of benzene rings is 11. The zero-order valence-corrected chi connectivity index (χ0v) is 26.2. The van der Waals surface area contributed by atoms with Crippen molar-refractivity contribution in [2.24, 2.45) is 0 Å². The van der Waals surface area contributed by atoms with Gasteiger partial charge in [0, 0.05) is 10.8 Å². The smallest absolute Gasteiger partial charge is 0.136 e. The molecule has 0 N–H and O–H groups in total. The third kappa shape index (κ3) is 3.81. The normalized spacial score (nSPS) is 17.3. The van der Waals surface area contributed by atoms with Gasteiger partial charge in [-0.15, -0.1) is 0 Å². The highest BCUT2D eigenvalue weighted by atomic mass is 16.3. The summed E-state index contributed by atoms with van der Waals surface area (Å²) >= 11 is 0. The molecule has 0 saturated carbocycles. The number of rotatable bonds is 3. The van der Waals surface area contributed by atoms with Crippen molar-refractivity contribution in [3.05, 3.63) is 169 Å². The number of hydrogen-bond acceptors (Lipinski definition) is 1. The van der Waals surface area contributed by atoms with E-state index in [1.807, 2.05) is 36.4 Å². The molecule has 0 spiro atoms. The van der Waals surface area contributed by atoms with Crippen molar-refractivity contribution in [2.45, 2.75) is 0 Å². The standard InChI is InChI=1S/C50H28O/c1-2-10-45-41(9-1)42-22-19-35(28-46(42)51-45)36-25-37(39-20-15-33-13-11-29-5-3-7-31-17-23-43(39)49(33)47(29)31)27-38(26-36)40-21-16-34-14-12-30-6-4-8-32-18-24-44(40)50(34)48(30)32/h1-28H/i3D,4D,5D,6D,7D,8D,11D,12D,13D,14D,15D,16D,17D,18D,20D,21D,23D,24D. The second-order valence-electron chi connectivity index (χ2n) is 12.6. The Bertz CT molecular complexity index is 4130. The van der Waals surface area contributed by atoms with Gasteiger partial charge in [0.15, 0.2) is 0 Å². The van der Waals surface area contributed by atoms with E-state index >= 15 is 0 Å². The molecule has 0 amide bonds. The molecule has 1 heteroatoms. The molecule has 12 aromatic rings. The number of furan rings is 1. The predicted octanol–water partition coefficient (Wildman–Crippen LogP) is 14.4. The molecule has 12 rings (SSSR count). The van der Waals surface area contributed by atoms with Crippen LogP contribution in [0.5, 0.6) is 0 Å². The molecule has 1 aromatic heterocycles. The second kappa shape index (κ2) is 9.94. The first kappa shape index (κ1) is 15.5. The van der Waals surface area contributed by atoms with Gasteiger partial charge in [-0.2, -0.15) is 0 Å². The maximum Gasteiger partial charge on any atom is 0.136 e. The van der Waals surface area contributed by atoms with Crippen LogP contribution in [0.3, 0.4) is 0 Å². The first-order valence-electron chi connectivity index (χ1n) is 25.2. The maximum absolute atomic E-state index is 9.63. The van der Waals surface area contributed by atoms with Crippen LogP contribution in [0.25, 0.3) is 120 Å². The quantitative estimate of drug-likeness (QED) is 0.172. The largest absolute Gasteiger partial charge is 0.456 e. The molecule has 0 aliphatic heterocycles. The van der Waals surface area contributed by atoms with Crippen molar-refractivity contribution < 1.29 is 29.1 Å². The summed E-state index contributed by atoms with van der Waals surface area (Å²) in [6, 6.07) is 7.81. The predicted molar refractivity (Wildman–Crippen MR) is 217 cm³/mol. The van der Waals surface area contributed by atoms with Crippen LogP contribution in [-0.4, -0.2) is 0 Å². The SMILES string of the molecule is [2H]c1c([2H])c2c([2H])c([2H])c3c([2H])c([2H])c(-c4cc(-c5ccc6c(c5)oc5ccccc56)cc(-c5c([2H])c([2H])c6c([2H])c([2H])c7c([2H])c([2H])c([2H])c8c([2H])c([2H])c5c6c78)c4)c4c([2H])c([2H])c(c1[2H])c2c34. The van der Waals surface area contributed by atoms with Gasteiger partial charge < -0.3 is 4.42 Å². The summed E-state index contributed by atoms with van der Waals surface area (Å²) in [5.74, 6) is 0. The Morgan fingerprint density at radius 2 is 0.804 bits per heavy atom. The van der Waals surface area contributed by atoms with E-state index in [1.165, 1.54) is 6.07 Å². The van der Waals surface area contributed by atoms with Crippen molar-refractivity contribution >= 4 is 86.6 Å². The van der Waals surface area contributed by atoms with Crippen molar-refractivity contribution in [2.75, 3.05) is 0 Å². The van der Waals surface area contributed by atoms with E-state index in [0.717, 1.165) is 10.8 Å². The van der Waals surface area contributed by atoms with Crippen LogP contribution in [0.15, 0.2) is 174 Å². The highest BCUT2D eigenvalue weighted by molar-refractivity contribution is 6.27. The van der Waals surface area contributed by atoms with Crippen LogP contribution in [0.4, 0.5) is 0 Å². The number of hydrogen-bond donors (Lipinski definition) is 0. The van der Waals surface area contributed by atoms with Crippen molar-refractivity contribution in [1.29, 1.82) is 0 Å². The summed E-state index contributed by atoms with van der Waals surface area (Å²) in [5, 5.41) is -0.0905. The molecule has 234 valence electrons. The summed E-state index contributed by atoms with van der Waals surface area (Å²) in [6.45, 7) is 0. The average Bonchev–Trinajstić information content (AvgIpc) is 3.71. The van der Waals surface area contributed by atoms with Gasteiger partial charge in [0.1, 0.15) is 11.2 Å². The summed E-state index contributed by atoms with van der Waals surface area (Å²) in [6.07, 6.45) is 0. The molecule has 1 heterocycles. The van der Waals surface area contributed by atoms with Crippen molar-refractivity contribution in [3.63, 3.8) is 0 Å². The lowest BCUT2D eigenvalue weighted by molar-refractivity contribution is 0.669. The monoisotopic (exact) mass is 662 g/mol. The minimum atomic E-state index is -0.611. The Hall–Kier alpha value is -6.70. The topological polar surface area (TPSA) is 13.1 Å². The molecular formula is C50H28O. The Kier molecular flexibility index (Phi) is 3.01. The molecule has 11 aromatic carbocycles.